The van der Waals surface area contributed by atoms with Crippen molar-refractivity contribution in [3.05, 3.63) is 22.6 Å². The number of aryl methyl sites for hydroxylation is 2. The van der Waals surface area contributed by atoms with Gasteiger partial charge in [0.15, 0.2) is 5.16 Å². The van der Waals surface area contributed by atoms with Crippen LogP contribution in [-0.2, 0) is 5.75 Å². The largest absolute Gasteiger partial charge is 0.383 e. The maximum absolute atomic E-state index is 6.03. The van der Waals surface area contributed by atoms with Crippen LogP contribution in [-0.4, -0.2) is 25.1 Å². The number of H-pyrrole nitrogens is 1. The van der Waals surface area contributed by atoms with Crippen LogP contribution in [0.25, 0.3) is 10.2 Å². The van der Waals surface area contributed by atoms with E-state index >= 15 is 0 Å². The second-order valence-corrected chi connectivity index (χ2v) is 6.24. The summed E-state index contributed by atoms with van der Waals surface area (Å²) in [5.74, 6) is 1.89. The molecule has 0 aromatic carbocycles. The second-order valence-electron chi connectivity index (χ2n) is 4.07. The van der Waals surface area contributed by atoms with E-state index in [0.29, 0.717) is 17.4 Å². The molecule has 3 rings (SSSR count). The van der Waals surface area contributed by atoms with Crippen molar-refractivity contribution in [2.45, 2.75) is 24.8 Å². The number of nitrogens with two attached hydrogens (primary N) is 1. The average Bonchev–Trinajstić information content (AvgIpc) is 2.96. The molecule has 0 unspecified atom stereocenters. The van der Waals surface area contributed by atoms with Crippen LogP contribution in [0.4, 0.5) is 5.82 Å². The molecule has 0 atom stereocenters. The Morgan fingerprint density at radius 2 is 2.21 bits per heavy atom. The van der Waals surface area contributed by atoms with Crippen molar-refractivity contribution in [1.82, 2.24) is 25.1 Å². The Bertz CT molecular complexity index is 718. The predicted molar refractivity (Wildman–Crippen MR) is 77.2 cm³/mol. The first-order valence-electron chi connectivity index (χ1n) is 5.65. The Hall–Kier alpha value is -1.67. The zero-order valence-corrected chi connectivity index (χ0v) is 12.1. The van der Waals surface area contributed by atoms with Crippen molar-refractivity contribution in [2.24, 2.45) is 0 Å². The highest BCUT2D eigenvalue weighted by molar-refractivity contribution is 7.98. The third-order valence-corrected chi connectivity index (χ3v) is 4.81. The van der Waals surface area contributed by atoms with Crippen molar-refractivity contribution < 1.29 is 0 Å². The summed E-state index contributed by atoms with van der Waals surface area (Å²) >= 11 is 3.16. The zero-order chi connectivity index (χ0) is 13.4. The van der Waals surface area contributed by atoms with E-state index in [4.69, 9.17) is 5.73 Å². The lowest BCUT2D eigenvalue weighted by Gasteiger charge is -2.02. The first-order valence-corrected chi connectivity index (χ1v) is 7.45. The van der Waals surface area contributed by atoms with E-state index in [0.717, 1.165) is 15.4 Å². The van der Waals surface area contributed by atoms with Crippen LogP contribution in [0.15, 0.2) is 11.5 Å². The smallest absolute Gasteiger partial charge is 0.183 e. The Morgan fingerprint density at radius 1 is 1.37 bits per heavy atom. The molecule has 3 aromatic rings. The van der Waals surface area contributed by atoms with E-state index in [-0.39, 0.29) is 0 Å². The first kappa shape index (κ1) is 12.4. The lowest BCUT2D eigenvalue weighted by Crippen LogP contribution is -1.99. The molecule has 3 heterocycles. The number of anilines is 1. The SMILES string of the molecule is Cc1sc2nc(CSc3ncn[nH]3)nc(N)c2c1C. The molecule has 0 radical (unpaired) electrons. The Labute approximate surface area is 117 Å². The van der Waals surface area contributed by atoms with Crippen LogP contribution in [0.3, 0.4) is 0 Å². The molecule has 0 bridgehead atoms. The van der Waals surface area contributed by atoms with Crippen LogP contribution in [0.2, 0.25) is 0 Å². The summed E-state index contributed by atoms with van der Waals surface area (Å²) in [6.07, 6.45) is 1.48. The van der Waals surface area contributed by atoms with Gasteiger partial charge in [0.2, 0.25) is 0 Å². The maximum Gasteiger partial charge on any atom is 0.183 e. The van der Waals surface area contributed by atoms with Crippen LogP contribution in [0.1, 0.15) is 16.3 Å². The van der Waals surface area contributed by atoms with E-state index in [1.807, 2.05) is 0 Å². The molecule has 0 spiro atoms. The molecular formula is C11H12N6S2. The molecule has 0 aliphatic heterocycles. The molecule has 98 valence electrons. The topological polar surface area (TPSA) is 93.4 Å². The van der Waals surface area contributed by atoms with E-state index < -0.39 is 0 Å². The summed E-state index contributed by atoms with van der Waals surface area (Å²) in [4.78, 5) is 15.2. The first-order chi connectivity index (χ1) is 9.15. The van der Waals surface area contributed by atoms with Gasteiger partial charge in [-0.25, -0.2) is 15.0 Å². The minimum absolute atomic E-state index is 0.556. The van der Waals surface area contributed by atoms with Crippen LogP contribution >= 0.6 is 23.1 Å². The van der Waals surface area contributed by atoms with E-state index in [2.05, 4.69) is 39.0 Å². The maximum atomic E-state index is 6.03. The summed E-state index contributed by atoms with van der Waals surface area (Å²) in [5.41, 5.74) is 7.20. The van der Waals surface area contributed by atoms with Crippen LogP contribution < -0.4 is 5.73 Å². The minimum atomic E-state index is 0.556. The Balaban J connectivity index is 1.92. The van der Waals surface area contributed by atoms with E-state index in [1.54, 1.807) is 11.3 Å². The summed E-state index contributed by atoms with van der Waals surface area (Å²) in [6, 6.07) is 0. The molecule has 3 N–H and O–H groups in total. The van der Waals surface area contributed by atoms with Gasteiger partial charge in [0.25, 0.3) is 0 Å². The molecule has 0 saturated carbocycles. The van der Waals surface area contributed by atoms with Gasteiger partial charge in [0, 0.05) is 4.88 Å². The third kappa shape index (κ3) is 2.28. The summed E-state index contributed by atoms with van der Waals surface area (Å²) in [6.45, 7) is 4.13. The number of thiophene rings is 1. The number of thioether (sulfide) groups is 1. The fourth-order valence-electron chi connectivity index (χ4n) is 1.79. The number of rotatable bonds is 3. The van der Waals surface area contributed by atoms with Gasteiger partial charge in [-0.2, -0.15) is 5.10 Å². The van der Waals surface area contributed by atoms with Crippen molar-refractivity contribution >= 4 is 39.1 Å². The third-order valence-electron chi connectivity index (χ3n) is 2.83. The van der Waals surface area contributed by atoms with Crippen molar-refractivity contribution in [3.8, 4) is 0 Å². The van der Waals surface area contributed by atoms with Crippen LogP contribution in [0.5, 0.6) is 0 Å². The summed E-state index contributed by atoms with van der Waals surface area (Å²) in [5, 5.41) is 8.32. The highest BCUT2D eigenvalue weighted by Crippen LogP contribution is 2.32. The molecule has 19 heavy (non-hydrogen) atoms. The van der Waals surface area contributed by atoms with Gasteiger partial charge in [-0.15, -0.1) is 11.3 Å². The Morgan fingerprint density at radius 3 is 2.95 bits per heavy atom. The number of nitrogen functional groups attached to an aromatic ring is 1. The number of fused-ring (bicyclic) bond motifs is 1. The van der Waals surface area contributed by atoms with E-state index in [1.165, 1.54) is 28.5 Å². The van der Waals surface area contributed by atoms with Gasteiger partial charge < -0.3 is 5.73 Å². The molecule has 0 aliphatic rings. The van der Waals surface area contributed by atoms with Gasteiger partial charge in [-0.3, -0.25) is 5.10 Å². The Kier molecular flexibility index (Phi) is 3.11. The van der Waals surface area contributed by atoms with Gasteiger partial charge >= 0.3 is 0 Å². The zero-order valence-electron chi connectivity index (χ0n) is 10.5. The second kappa shape index (κ2) is 4.78. The lowest BCUT2D eigenvalue weighted by molar-refractivity contribution is 0.968. The number of aromatic amines is 1. The molecule has 0 fully saturated rings. The number of nitrogens with zero attached hydrogens (tertiary/aromatic N) is 4. The van der Waals surface area contributed by atoms with Crippen molar-refractivity contribution in [1.29, 1.82) is 0 Å². The molecule has 6 nitrogen and oxygen atoms in total. The fourth-order valence-corrected chi connectivity index (χ4v) is 3.48. The molecule has 8 heteroatoms. The van der Waals surface area contributed by atoms with Gasteiger partial charge in [0.1, 0.15) is 22.8 Å². The monoisotopic (exact) mass is 292 g/mol. The number of nitrogens with one attached hydrogen (secondary N) is 1. The number of hydrogen-bond donors (Lipinski definition) is 2. The average molecular weight is 292 g/mol. The highest BCUT2D eigenvalue weighted by atomic mass is 32.2. The number of hydrogen-bond acceptors (Lipinski definition) is 7. The predicted octanol–water partition coefficient (Wildman–Crippen LogP) is 2.30. The number of aromatic nitrogens is 5. The highest BCUT2D eigenvalue weighted by Gasteiger charge is 2.12. The van der Waals surface area contributed by atoms with Gasteiger partial charge in [0.05, 0.1) is 11.1 Å². The lowest BCUT2D eigenvalue weighted by atomic mass is 10.2. The summed E-state index contributed by atoms with van der Waals surface area (Å²) in [7, 11) is 0. The van der Waals surface area contributed by atoms with E-state index in [9.17, 15) is 0 Å². The minimum Gasteiger partial charge on any atom is -0.383 e. The quantitative estimate of drug-likeness (QED) is 0.719. The molecule has 0 aliphatic carbocycles. The summed E-state index contributed by atoms with van der Waals surface area (Å²) < 4.78 is 0. The van der Waals surface area contributed by atoms with Crippen molar-refractivity contribution in [2.75, 3.05) is 5.73 Å². The van der Waals surface area contributed by atoms with Gasteiger partial charge in [-0.05, 0) is 19.4 Å². The molecule has 3 aromatic heterocycles. The van der Waals surface area contributed by atoms with Gasteiger partial charge in [-0.1, -0.05) is 11.8 Å². The normalized spacial score (nSPS) is 11.3. The molecule has 0 saturated heterocycles. The van der Waals surface area contributed by atoms with Crippen LogP contribution in [0, 0.1) is 13.8 Å². The molecular weight excluding hydrogens is 280 g/mol. The fraction of sp³-hybridized carbons (Fsp3) is 0.273. The molecule has 0 amide bonds. The van der Waals surface area contributed by atoms with Crippen molar-refractivity contribution in [3.63, 3.8) is 0 Å². The standard InChI is InChI=1S/C11H12N6S2/c1-5-6(2)19-10-8(5)9(12)15-7(16-10)3-18-11-13-4-14-17-11/h4H,3H2,1-2H3,(H2,12,15,16)(H,13,14,17).